The van der Waals surface area contributed by atoms with E-state index in [2.05, 4.69) is 31.2 Å². The zero-order chi connectivity index (χ0) is 11.5. The highest BCUT2D eigenvalue weighted by atomic mass is 16.4. The lowest BCUT2D eigenvalue weighted by Crippen LogP contribution is -2.22. The van der Waals surface area contributed by atoms with Crippen molar-refractivity contribution >= 4 is 5.97 Å². The van der Waals surface area contributed by atoms with E-state index in [1.165, 1.54) is 11.1 Å². The molecule has 0 radical (unpaired) electrons. The third-order valence-corrected chi connectivity index (χ3v) is 3.52. The van der Waals surface area contributed by atoms with Crippen molar-refractivity contribution < 1.29 is 9.90 Å². The number of aliphatic carboxylic acids is 1. The number of carbonyl (C=O) groups is 1. The first kappa shape index (κ1) is 11.2. The van der Waals surface area contributed by atoms with E-state index in [9.17, 15) is 4.79 Å². The molecule has 1 aromatic carbocycles. The van der Waals surface area contributed by atoms with Crippen LogP contribution in [0.3, 0.4) is 0 Å². The summed E-state index contributed by atoms with van der Waals surface area (Å²) in [6.07, 6.45) is 3.50. The third-order valence-electron chi connectivity index (χ3n) is 3.52. The Labute approximate surface area is 96.3 Å². The zero-order valence-corrected chi connectivity index (χ0v) is 9.65. The molecule has 1 N–H and O–H groups in total. The van der Waals surface area contributed by atoms with Gasteiger partial charge in [-0.25, -0.2) is 0 Å². The van der Waals surface area contributed by atoms with Crippen molar-refractivity contribution in [2.45, 2.75) is 38.5 Å². The standard InChI is InChI=1S/C14H18O2/c1-10-3-2-4-12(7-10)13-8-11(9-13)5-6-14(15)16/h2-4,7,11,13H,5-6,8-9H2,1H3,(H,15,16). The fourth-order valence-electron chi connectivity index (χ4n) is 2.50. The van der Waals surface area contributed by atoms with Gasteiger partial charge in [0.15, 0.2) is 0 Å². The molecular weight excluding hydrogens is 200 g/mol. The normalized spacial score (nSPS) is 23.8. The Hall–Kier alpha value is -1.31. The Kier molecular flexibility index (Phi) is 3.28. The predicted octanol–water partition coefficient (Wildman–Crippen LogP) is 3.35. The van der Waals surface area contributed by atoms with E-state index in [-0.39, 0.29) is 0 Å². The lowest BCUT2D eigenvalue weighted by molar-refractivity contribution is -0.137. The maximum Gasteiger partial charge on any atom is 0.303 e. The summed E-state index contributed by atoms with van der Waals surface area (Å²) in [5, 5.41) is 8.60. The minimum Gasteiger partial charge on any atom is -0.481 e. The highest BCUT2D eigenvalue weighted by Crippen LogP contribution is 2.43. The molecular formula is C14H18O2. The van der Waals surface area contributed by atoms with E-state index in [1.54, 1.807) is 0 Å². The smallest absolute Gasteiger partial charge is 0.303 e. The molecule has 1 aliphatic carbocycles. The fraction of sp³-hybridized carbons (Fsp3) is 0.500. The maximum absolute atomic E-state index is 10.4. The Balaban J connectivity index is 1.82. The first-order chi connectivity index (χ1) is 7.65. The second-order valence-electron chi connectivity index (χ2n) is 4.88. The molecule has 0 spiro atoms. The van der Waals surface area contributed by atoms with Crippen LogP contribution >= 0.6 is 0 Å². The van der Waals surface area contributed by atoms with E-state index >= 15 is 0 Å². The van der Waals surface area contributed by atoms with Crippen molar-refractivity contribution in [1.82, 2.24) is 0 Å². The molecule has 0 aromatic heterocycles. The van der Waals surface area contributed by atoms with Gasteiger partial charge in [-0.05, 0) is 43.6 Å². The topological polar surface area (TPSA) is 37.3 Å². The van der Waals surface area contributed by atoms with Gasteiger partial charge in [-0.1, -0.05) is 29.8 Å². The largest absolute Gasteiger partial charge is 0.481 e. The van der Waals surface area contributed by atoms with Crippen LogP contribution in [0, 0.1) is 12.8 Å². The monoisotopic (exact) mass is 218 g/mol. The lowest BCUT2D eigenvalue weighted by Gasteiger charge is -2.35. The fourth-order valence-corrected chi connectivity index (χ4v) is 2.50. The van der Waals surface area contributed by atoms with E-state index < -0.39 is 5.97 Å². The Morgan fingerprint density at radius 1 is 1.44 bits per heavy atom. The van der Waals surface area contributed by atoms with Gasteiger partial charge >= 0.3 is 5.97 Å². The van der Waals surface area contributed by atoms with E-state index in [4.69, 9.17) is 5.11 Å². The van der Waals surface area contributed by atoms with Crippen molar-refractivity contribution in [2.75, 3.05) is 0 Å². The molecule has 2 nitrogen and oxygen atoms in total. The molecule has 1 aliphatic rings. The molecule has 1 saturated carbocycles. The quantitative estimate of drug-likeness (QED) is 0.841. The molecule has 16 heavy (non-hydrogen) atoms. The van der Waals surface area contributed by atoms with Crippen molar-refractivity contribution in [3.63, 3.8) is 0 Å². The molecule has 1 aromatic rings. The Morgan fingerprint density at radius 3 is 2.81 bits per heavy atom. The van der Waals surface area contributed by atoms with E-state index in [0.717, 1.165) is 19.3 Å². The van der Waals surface area contributed by atoms with Gasteiger partial charge in [0.1, 0.15) is 0 Å². The number of carboxylic acid groups (broad SMARTS) is 1. The number of benzene rings is 1. The highest BCUT2D eigenvalue weighted by Gasteiger charge is 2.30. The van der Waals surface area contributed by atoms with Crippen molar-refractivity contribution in [2.24, 2.45) is 5.92 Å². The first-order valence-corrected chi connectivity index (χ1v) is 5.93. The molecule has 0 atom stereocenters. The van der Waals surface area contributed by atoms with Gasteiger partial charge in [0.2, 0.25) is 0 Å². The highest BCUT2D eigenvalue weighted by molar-refractivity contribution is 5.66. The van der Waals surface area contributed by atoms with Crippen LogP contribution in [-0.4, -0.2) is 11.1 Å². The molecule has 0 saturated heterocycles. The van der Waals surface area contributed by atoms with Crippen LogP contribution in [0.4, 0.5) is 0 Å². The van der Waals surface area contributed by atoms with Gasteiger partial charge in [-0.3, -0.25) is 4.79 Å². The van der Waals surface area contributed by atoms with Crippen molar-refractivity contribution in [1.29, 1.82) is 0 Å². The number of carboxylic acids is 1. The number of aryl methyl sites for hydroxylation is 1. The van der Waals surface area contributed by atoms with Crippen LogP contribution in [0.25, 0.3) is 0 Å². The number of rotatable bonds is 4. The third kappa shape index (κ3) is 2.63. The molecule has 1 fully saturated rings. The maximum atomic E-state index is 10.4. The van der Waals surface area contributed by atoms with Crippen LogP contribution in [0.15, 0.2) is 24.3 Å². The second-order valence-corrected chi connectivity index (χ2v) is 4.88. The minimum absolute atomic E-state index is 0.325. The summed E-state index contributed by atoms with van der Waals surface area (Å²) in [6.45, 7) is 2.12. The summed E-state index contributed by atoms with van der Waals surface area (Å²) < 4.78 is 0. The zero-order valence-electron chi connectivity index (χ0n) is 9.65. The Morgan fingerprint density at radius 2 is 2.19 bits per heavy atom. The molecule has 2 heteroatoms. The van der Waals surface area contributed by atoms with Crippen LogP contribution in [0.1, 0.15) is 42.7 Å². The van der Waals surface area contributed by atoms with Gasteiger partial charge in [-0.15, -0.1) is 0 Å². The summed E-state index contributed by atoms with van der Waals surface area (Å²) in [5.41, 5.74) is 2.73. The van der Waals surface area contributed by atoms with Crippen LogP contribution in [-0.2, 0) is 4.79 Å². The number of hydrogen-bond donors (Lipinski definition) is 1. The summed E-state index contributed by atoms with van der Waals surface area (Å²) in [5.74, 6) is 0.624. The summed E-state index contributed by atoms with van der Waals surface area (Å²) in [7, 11) is 0. The van der Waals surface area contributed by atoms with Crippen molar-refractivity contribution in [3.8, 4) is 0 Å². The lowest BCUT2D eigenvalue weighted by atomic mass is 9.69. The average molecular weight is 218 g/mol. The average Bonchev–Trinajstić information content (AvgIpc) is 2.14. The molecule has 0 unspecified atom stereocenters. The second kappa shape index (κ2) is 4.69. The van der Waals surface area contributed by atoms with Gasteiger partial charge in [0.05, 0.1) is 0 Å². The summed E-state index contributed by atoms with van der Waals surface area (Å²) in [6, 6.07) is 8.66. The van der Waals surface area contributed by atoms with Crippen LogP contribution in [0.2, 0.25) is 0 Å². The van der Waals surface area contributed by atoms with Gasteiger partial charge in [0, 0.05) is 6.42 Å². The first-order valence-electron chi connectivity index (χ1n) is 5.93. The summed E-state index contributed by atoms with van der Waals surface area (Å²) >= 11 is 0. The number of hydrogen-bond acceptors (Lipinski definition) is 1. The summed E-state index contributed by atoms with van der Waals surface area (Å²) in [4.78, 5) is 10.4. The van der Waals surface area contributed by atoms with Crippen molar-refractivity contribution in [3.05, 3.63) is 35.4 Å². The van der Waals surface area contributed by atoms with Gasteiger partial charge in [-0.2, -0.15) is 0 Å². The molecule has 0 heterocycles. The molecule has 0 aliphatic heterocycles. The predicted molar refractivity (Wildman–Crippen MR) is 63.5 cm³/mol. The van der Waals surface area contributed by atoms with Gasteiger partial charge in [0.25, 0.3) is 0 Å². The van der Waals surface area contributed by atoms with Crippen LogP contribution < -0.4 is 0 Å². The molecule has 86 valence electrons. The van der Waals surface area contributed by atoms with E-state index in [1.807, 2.05) is 0 Å². The molecule has 2 rings (SSSR count). The minimum atomic E-state index is -0.668. The SMILES string of the molecule is Cc1cccc(C2CC(CCC(=O)O)C2)c1. The van der Waals surface area contributed by atoms with Gasteiger partial charge < -0.3 is 5.11 Å². The molecule has 0 bridgehead atoms. The van der Waals surface area contributed by atoms with Crippen LogP contribution in [0.5, 0.6) is 0 Å². The van der Waals surface area contributed by atoms with E-state index in [0.29, 0.717) is 18.3 Å². The Bertz CT molecular complexity index is 378. The molecule has 0 amide bonds.